The van der Waals surface area contributed by atoms with Crippen LogP contribution in [0.5, 0.6) is 5.75 Å². The number of fused-ring (bicyclic) bond motifs is 5. The van der Waals surface area contributed by atoms with Gasteiger partial charge in [-0.25, -0.2) is 9.52 Å². The summed E-state index contributed by atoms with van der Waals surface area (Å²) in [6.45, 7) is -0.364. The van der Waals surface area contributed by atoms with Crippen LogP contribution in [0, 0.1) is 0 Å². The summed E-state index contributed by atoms with van der Waals surface area (Å²) in [6.07, 6.45) is 3.44. The van der Waals surface area contributed by atoms with Crippen molar-refractivity contribution >= 4 is 33.0 Å². The Kier molecular flexibility index (Phi) is 7.62. The number of nitrogens with zero attached hydrogens (tertiary/aromatic N) is 2. The van der Waals surface area contributed by atoms with Gasteiger partial charge in [0.2, 0.25) is 5.60 Å². The number of rotatable bonds is 6. The molecule has 12 heteroatoms. The number of ether oxygens (including phenoxy) is 2. The number of aliphatic hydroxyl groups is 2. The van der Waals surface area contributed by atoms with E-state index in [-0.39, 0.29) is 18.0 Å². The first-order valence-corrected chi connectivity index (χ1v) is 14.9. The summed E-state index contributed by atoms with van der Waals surface area (Å²) in [5.41, 5.74) is 0.890. The largest absolute Gasteiger partial charge is 0.497 e. The van der Waals surface area contributed by atoms with E-state index in [0.29, 0.717) is 22.4 Å². The van der Waals surface area contributed by atoms with E-state index in [1.54, 1.807) is 41.0 Å². The number of esters is 1. The molecule has 1 aliphatic heterocycles. The van der Waals surface area contributed by atoms with Crippen LogP contribution in [-0.4, -0.2) is 73.3 Å². The maximum Gasteiger partial charge on any atom is 0.342 e. The van der Waals surface area contributed by atoms with Crippen molar-refractivity contribution in [2.24, 2.45) is 0 Å². The molecule has 220 valence electrons. The van der Waals surface area contributed by atoms with E-state index in [1.165, 1.54) is 21.2 Å². The van der Waals surface area contributed by atoms with Gasteiger partial charge >= 0.3 is 16.2 Å². The summed E-state index contributed by atoms with van der Waals surface area (Å²) in [5, 5.41) is 24.1. The minimum absolute atomic E-state index is 0.0831. The molecule has 41 heavy (non-hydrogen) atoms. The van der Waals surface area contributed by atoms with Crippen molar-refractivity contribution in [2.75, 3.05) is 28.3 Å². The van der Waals surface area contributed by atoms with E-state index in [9.17, 15) is 28.2 Å². The Morgan fingerprint density at radius 1 is 1.07 bits per heavy atom. The minimum Gasteiger partial charge on any atom is -0.497 e. The number of nitrogens with one attached hydrogen (secondary N) is 1. The van der Waals surface area contributed by atoms with Gasteiger partial charge < -0.3 is 24.3 Å². The lowest BCUT2D eigenvalue weighted by molar-refractivity contribution is -0.178. The van der Waals surface area contributed by atoms with E-state index in [2.05, 4.69) is 4.72 Å². The lowest BCUT2D eigenvalue weighted by Gasteiger charge is -2.29. The molecule has 0 radical (unpaired) electrons. The second kappa shape index (κ2) is 10.8. The summed E-state index contributed by atoms with van der Waals surface area (Å²) in [5.74, 6) is -1.23. The molecule has 0 bridgehead atoms. The first kappa shape index (κ1) is 29.1. The molecule has 2 aromatic carbocycles. The highest BCUT2D eigenvalue weighted by atomic mass is 32.2. The molecule has 11 nitrogen and oxygen atoms in total. The van der Waals surface area contributed by atoms with Crippen molar-refractivity contribution in [3.05, 3.63) is 53.1 Å². The van der Waals surface area contributed by atoms with E-state index in [4.69, 9.17) is 9.47 Å². The molecular weight excluding hydrogens is 550 g/mol. The van der Waals surface area contributed by atoms with Gasteiger partial charge in [-0.05, 0) is 60.2 Å². The second-order valence-corrected chi connectivity index (χ2v) is 12.8. The normalized spacial score (nSPS) is 21.2. The number of benzene rings is 2. The van der Waals surface area contributed by atoms with Crippen molar-refractivity contribution in [2.45, 2.75) is 56.3 Å². The van der Waals surface area contributed by atoms with Crippen molar-refractivity contribution in [3.63, 3.8) is 0 Å². The fourth-order valence-electron chi connectivity index (χ4n) is 6.09. The van der Waals surface area contributed by atoms with Gasteiger partial charge in [0.1, 0.15) is 11.9 Å². The van der Waals surface area contributed by atoms with Crippen LogP contribution in [0.4, 0.5) is 0 Å². The van der Waals surface area contributed by atoms with Crippen LogP contribution < -0.4 is 9.46 Å². The van der Waals surface area contributed by atoms with E-state index >= 15 is 0 Å². The fraction of sp³-hybridized carbons (Fsp3) is 0.448. The molecule has 1 aliphatic carbocycles. The van der Waals surface area contributed by atoms with Crippen molar-refractivity contribution in [1.82, 2.24) is 13.6 Å². The van der Waals surface area contributed by atoms with Gasteiger partial charge in [-0.3, -0.25) is 4.79 Å². The van der Waals surface area contributed by atoms with E-state index < -0.39 is 33.8 Å². The van der Waals surface area contributed by atoms with Gasteiger partial charge in [0.05, 0.1) is 26.5 Å². The van der Waals surface area contributed by atoms with Crippen LogP contribution in [0.1, 0.15) is 65.6 Å². The van der Waals surface area contributed by atoms with Crippen molar-refractivity contribution in [3.8, 4) is 17.0 Å². The van der Waals surface area contributed by atoms with Gasteiger partial charge in [0.25, 0.3) is 5.91 Å². The third-order valence-electron chi connectivity index (χ3n) is 8.28. The van der Waals surface area contributed by atoms with Crippen LogP contribution >= 0.6 is 0 Å². The molecule has 1 saturated carbocycles. The molecule has 5 rings (SSSR count). The summed E-state index contributed by atoms with van der Waals surface area (Å²) in [4.78, 5) is 26.1. The number of aromatic nitrogens is 1. The highest BCUT2D eigenvalue weighted by Gasteiger charge is 2.50. The number of methoxy groups -OCH3 is 2. The molecule has 1 aromatic heterocycles. The Hall–Kier alpha value is -3.45. The highest BCUT2D eigenvalue weighted by molar-refractivity contribution is 7.87. The molecule has 2 aliphatic rings. The van der Waals surface area contributed by atoms with Crippen LogP contribution in [0.15, 0.2) is 36.4 Å². The number of amides is 1. The van der Waals surface area contributed by atoms with E-state index in [0.717, 1.165) is 60.2 Å². The zero-order valence-electron chi connectivity index (χ0n) is 23.5. The Morgan fingerprint density at radius 3 is 2.41 bits per heavy atom. The summed E-state index contributed by atoms with van der Waals surface area (Å²) in [6, 6.07) is 10.1. The Morgan fingerprint density at radius 2 is 1.78 bits per heavy atom. The number of carbonyl (C=O) groups excluding carboxylic acids is 2. The van der Waals surface area contributed by atoms with Crippen LogP contribution in [-0.2, 0) is 26.3 Å². The highest BCUT2D eigenvalue weighted by Crippen LogP contribution is 2.50. The Balaban J connectivity index is 1.82. The van der Waals surface area contributed by atoms with Gasteiger partial charge in [0.15, 0.2) is 0 Å². The molecule has 2 heterocycles. The number of carbonyl (C=O) groups is 2. The lowest BCUT2D eigenvalue weighted by Crippen LogP contribution is -2.48. The predicted octanol–water partition coefficient (Wildman–Crippen LogP) is 2.85. The summed E-state index contributed by atoms with van der Waals surface area (Å²) >= 11 is 0. The SMILES string of the molecule is COC(=O)[C@]1(O)Cn2c(c(C3CCCCC3)c3ccc(C(=O)NS(=O)(=O)N(C)C)cc32)-c2ccc(OC)cc2C1O. The third-order valence-corrected chi connectivity index (χ3v) is 9.69. The zero-order valence-corrected chi connectivity index (χ0v) is 24.3. The molecule has 0 saturated heterocycles. The van der Waals surface area contributed by atoms with Crippen molar-refractivity contribution < 1.29 is 37.7 Å². The topological polar surface area (TPSA) is 147 Å². The molecule has 1 fully saturated rings. The van der Waals surface area contributed by atoms with Gasteiger partial charge in [-0.2, -0.15) is 12.7 Å². The molecular formula is C29H35N3O8S. The second-order valence-electron chi connectivity index (χ2n) is 10.9. The molecule has 0 spiro atoms. The Labute approximate surface area is 238 Å². The molecule has 3 N–H and O–H groups in total. The molecule has 1 unspecified atom stereocenters. The van der Waals surface area contributed by atoms with Gasteiger partial charge in [0, 0.05) is 36.1 Å². The average molecular weight is 586 g/mol. The van der Waals surface area contributed by atoms with Gasteiger partial charge in [-0.15, -0.1) is 0 Å². The van der Waals surface area contributed by atoms with Crippen LogP contribution in [0.25, 0.3) is 22.2 Å². The van der Waals surface area contributed by atoms with E-state index in [1.807, 2.05) is 0 Å². The standard InChI is InChI=1S/C29H35N3O8S/c1-31(2)41(37,38)30-27(34)18-10-12-21-23(14-18)32-16-29(36,28(35)40-4)26(33)22-15-19(39-3)11-13-20(22)25(32)24(21)17-8-6-5-7-9-17/h10-15,17,26,33,36H,5-9,16H2,1-4H3,(H,30,34)/t26?,29-/m0/s1. The number of aliphatic hydroxyl groups excluding tert-OH is 1. The summed E-state index contributed by atoms with van der Waals surface area (Å²) < 4.78 is 39.8. The smallest absolute Gasteiger partial charge is 0.342 e. The number of hydrogen-bond donors (Lipinski definition) is 3. The lowest BCUT2D eigenvalue weighted by atomic mass is 9.80. The monoisotopic (exact) mass is 585 g/mol. The Bertz CT molecular complexity index is 1620. The van der Waals surface area contributed by atoms with Gasteiger partial charge in [-0.1, -0.05) is 25.3 Å². The third kappa shape index (κ3) is 4.88. The fourth-order valence-corrected chi connectivity index (χ4v) is 6.63. The minimum atomic E-state index is -4.04. The maximum absolute atomic E-state index is 13.1. The quantitative estimate of drug-likeness (QED) is 0.374. The first-order valence-electron chi connectivity index (χ1n) is 13.5. The molecule has 1 amide bonds. The van der Waals surface area contributed by atoms with Crippen LogP contribution in [0.3, 0.4) is 0 Å². The zero-order chi connectivity index (χ0) is 29.7. The predicted molar refractivity (Wildman–Crippen MR) is 152 cm³/mol. The number of hydrogen-bond acceptors (Lipinski definition) is 8. The molecule has 2 atom stereocenters. The summed E-state index contributed by atoms with van der Waals surface area (Å²) in [7, 11) is 1.22. The van der Waals surface area contributed by atoms with Crippen LogP contribution in [0.2, 0.25) is 0 Å². The molecule has 3 aromatic rings. The van der Waals surface area contributed by atoms with Crippen molar-refractivity contribution in [1.29, 1.82) is 0 Å². The first-order chi connectivity index (χ1) is 19.4. The average Bonchev–Trinajstić information content (AvgIpc) is 3.23. The maximum atomic E-state index is 13.1.